The number of benzene rings is 2. The molecular formula is C22H27N2O2+. The SMILES string of the molecule is COc1ccc(C[NH+](CC(=O)Nc2ccc3c(c2)CCC3)C2CC2)cc1. The summed E-state index contributed by atoms with van der Waals surface area (Å²) in [7, 11) is 1.68. The van der Waals surface area contributed by atoms with Gasteiger partial charge in [-0.15, -0.1) is 0 Å². The molecule has 1 saturated carbocycles. The van der Waals surface area contributed by atoms with E-state index in [1.54, 1.807) is 7.11 Å². The van der Waals surface area contributed by atoms with E-state index in [0.29, 0.717) is 12.6 Å². The van der Waals surface area contributed by atoms with Gasteiger partial charge in [-0.25, -0.2) is 0 Å². The van der Waals surface area contributed by atoms with E-state index in [-0.39, 0.29) is 5.91 Å². The highest BCUT2D eigenvalue weighted by Gasteiger charge is 2.34. The van der Waals surface area contributed by atoms with Gasteiger partial charge in [0, 0.05) is 24.1 Å². The molecular weight excluding hydrogens is 324 g/mol. The Bertz CT molecular complexity index is 781. The summed E-state index contributed by atoms with van der Waals surface area (Å²) in [6.45, 7) is 1.40. The van der Waals surface area contributed by atoms with Gasteiger partial charge in [-0.3, -0.25) is 4.79 Å². The van der Waals surface area contributed by atoms with Crippen LogP contribution in [0.15, 0.2) is 42.5 Å². The normalized spacial score (nSPS) is 16.8. The maximum Gasteiger partial charge on any atom is 0.279 e. The standard InChI is InChI=1S/C22H26N2O2/c1-26-21-11-5-16(6-12-21)14-24(20-9-10-20)15-22(25)23-19-8-7-17-3-2-4-18(17)13-19/h5-8,11-13,20H,2-4,9-10,14-15H2,1H3,(H,23,25)/p+1. The molecule has 2 aliphatic carbocycles. The number of quaternary nitrogens is 1. The van der Waals surface area contributed by atoms with E-state index < -0.39 is 0 Å². The van der Waals surface area contributed by atoms with Crippen LogP contribution < -0.4 is 15.0 Å². The highest BCUT2D eigenvalue weighted by atomic mass is 16.5. The summed E-state index contributed by atoms with van der Waals surface area (Å²) in [6.07, 6.45) is 5.98. The zero-order valence-corrected chi connectivity index (χ0v) is 15.4. The van der Waals surface area contributed by atoms with E-state index in [1.165, 1.54) is 47.3 Å². The molecule has 4 heteroatoms. The molecule has 1 amide bonds. The van der Waals surface area contributed by atoms with E-state index >= 15 is 0 Å². The third kappa shape index (κ3) is 4.07. The van der Waals surface area contributed by atoms with Crippen molar-refractivity contribution in [3.63, 3.8) is 0 Å². The number of anilines is 1. The van der Waals surface area contributed by atoms with Crippen molar-refractivity contribution < 1.29 is 14.4 Å². The van der Waals surface area contributed by atoms with Gasteiger partial charge in [-0.05, 0) is 66.8 Å². The molecule has 2 aromatic rings. The van der Waals surface area contributed by atoms with Crippen molar-refractivity contribution in [3.8, 4) is 5.75 Å². The molecule has 0 saturated heterocycles. The molecule has 136 valence electrons. The smallest absolute Gasteiger partial charge is 0.279 e. The summed E-state index contributed by atoms with van der Waals surface area (Å²) in [5.41, 5.74) is 5.02. The van der Waals surface area contributed by atoms with E-state index in [4.69, 9.17) is 4.74 Å². The minimum atomic E-state index is 0.110. The van der Waals surface area contributed by atoms with Crippen LogP contribution in [0, 0.1) is 0 Å². The van der Waals surface area contributed by atoms with Crippen LogP contribution in [0.1, 0.15) is 36.0 Å². The van der Waals surface area contributed by atoms with E-state index in [0.717, 1.165) is 24.4 Å². The second-order valence-electron chi connectivity index (χ2n) is 7.52. The number of carbonyl (C=O) groups excluding carboxylic acids is 1. The van der Waals surface area contributed by atoms with Crippen molar-refractivity contribution in [2.75, 3.05) is 19.0 Å². The van der Waals surface area contributed by atoms with Crippen molar-refractivity contribution in [1.82, 2.24) is 0 Å². The Kier molecular flexibility index (Phi) is 4.93. The summed E-state index contributed by atoms with van der Waals surface area (Å²) >= 11 is 0. The summed E-state index contributed by atoms with van der Waals surface area (Å²) in [6, 6.07) is 15.2. The molecule has 4 nitrogen and oxygen atoms in total. The maximum absolute atomic E-state index is 12.6. The number of amides is 1. The van der Waals surface area contributed by atoms with Crippen molar-refractivity contribution in [3.05, 3.63) is 59.2 Å². The van der Waals surface area contributed by atoms with Crippen LogP contribution in [0.4, 0.5) is 5.69 Å². The molecule has 1 fully saturated rings. The third-order valence-electron chi connectivity index (χ3n) is 5.51. The molecule has 2 aromatic carbocycles. The Morgan fingerprint density at radius 1 is 1.12 bits per heavy atom. The number of ether oxygens (including phenoxy) is 1. The fourth-order valence-electron chi connectivity index (χ4n) is 3.91. The van der Waals surface area contributed by atoms with Gasteiger partial charge in [-0.2, -0.15) is 0 Å². The quantitative estimate of drug-likeness (QED) is 0.804. The van der Waals surface area contributed by atoms with Crippen LogP contribution in [0.3, 0.4) is 0 Å². The Morgan fingerprint density at radius 2 is 1.88 bits per heavy atom. The molecule has 0 aromatic heterocycles. The Balaban J connectivity index is 1.37. The third-order valence-corrected chi connectivity index (χ3v) is 5.51. The number of hydrogen-bond acceptors (Lipinski definition) is 2. The van der Waals surface area contributed by atoms with Crippen LogP contribution >= 0.6 is 0 Å². The second-order valence-corrected chi connectivity index (χ2v) is 7.52. The first-order chi connectivity index (χ1) is 12.7. The van der Waals surface area contributed by atoms with E-state index in [9.17, 15) is 4.79 Å². The van der Waals surface area contributed by atoms with Gasteiger partial charge >= 0.3 is 0 Å². The Morgan fingerprint density at radius 3 is 2.62 bits per heavy atom. The van der Waals surface area contributed by atoms with Gasteiger partial charge in [-0.1, -0.05) is 6.07 Å². The van der Waals surface area contributed by atoms with E-state index in [1.807, 2.05) is 18.2 Å². The summed E-state index contributed by atoms with van der Waals surface area (Å²) in [4.78, 5) is 13.9. The number of fused-ring (bicyclic) bond motifs is 1. The molecule has 0 radical (unpaired) electrons. The predicted molar refractivity (Wildman–Crippen MR) is 103 cm³/mol. The van der Waals surface area contributed by atoms with Crippen LogP contribution in [0.5, 0.6) is 5.75 Å². The maximum atomic E-state index is 12.6. The highest BCUT2D eigenvalue weighted by molar-refractivity contribution is 5.91. The molecule has 0 heterocycles. The minimum Gasteiger partial charge on any atom is -0.497 e. The number of carbonyl (C=O) groups is 1. The molecule has 26 heavy (non-hydrogen) atoms. The molecule has 0 bridgehead atoms. The lowest BCUT2D eigenvalue weighted by Gasteiger charge is -2.19. The van der Waals surface area contributed by atoms with Crippen LogP contribution in [0.2, 0.25) is 0 Å². The largest absolute Gasteiger partial charge is 0.497 e. The number of methoxy groups -OCH3 is 1. The molecule has 4 rings (SSSR count). The van der Waals surface area contributed by atoms with Crippen LogP contribution in [-0.2, 0) is 24.2 Å². The number of rotatable bonds is 7. The van der Waals surface area contributed by atoms with Gasteiger partial charge in [0.2, 0.25) is 0 Å². The molecule has 0 aliphatic heterocycles. The van der Waals surface area contributed by atoms with Gasteiger partial charge in [0.05, 0.1) is 13.2 Å². The molecule has 2 aliphatic rings. The van der Waals surface area contributed by atoms with E-state index in [2.05, 4.69) is 29.6 Å². The van der Waals surface area contributed by atoms with Crippen molar-refractivity contribution >= 4 is 11.6 Å². The predicted octanol–water partition coefficient (Wildman–Crippen LogP) is 2.37. The Labute approximate surface area is 155 Å². The molecule has 0 spiro atoms. The molecule has 1 atom stereocenters. The number of aryl methyl sites for hydroxylation is 2. The number of hydrogen-bond donors (Lipinski definition) is 2. The fourth-order valence-corrected chi connectivity index (χ4v) is 3.91. The fraction of sp³-hybridized carbons (Fsp3) is 0.409. The average Bonchev–Trinajstić information content (AvgIpc) is 3.40. The summed E-state index contributed by atoms with van der Waals surface area (Å²) in [5.74, 6) is 0.981. The first-order valence-corrected chi connectivity index (χ1v) is 9.60. The topological polar surface area (TPSA) is 42.8 Å². The van der Waals surface area contributed by atoms with Crippen molar-refractivity contribution in [2.45, 2.75) is 44.7 Å². The average molecular weight is 351 g/mol. The Hall–Kier alpha value is -2.33. The van der Waals surface area contributed by atoms with Crippen LogP contribution in [0.25, 0.3) is 0 Å². The molecule has 1 unspecified atom stereocenters. The first kappa shape index (κ1) is 17.1. The monoisotopic (exact) mass is 351 g/mol. The number of nitrogens with one attached hydrogen (secondary N) is 2. The van der Waals surface area contributed by atoms with Gasteiger partial charge in [0.25, 0.3) is 5.91 Å². The van der Waals surface area contributed by atoms with Crippen molar-refractivity contribution in [2.24, 2.45) is 0 Å². The molecule has 2 N–H and O–H groups in total. The zero-order valence-electron chi connectivity index (χ0n) is 15.4. The first-order valence-electron chi connectivity index (χ1n) is 9.60. The van der Waals surface area contributed by atoms with Gasteiger partial charge < -0.3 is 15.0 Å². The summed E-state index contributed by atoms with van der Waals surface area (Å²) in [5, 5.41) is 3.11. The lowest BCUT2D eigenvalue weighted by Crippen LogP contribution is -3.13. The lowest BCUT2D eigenvalue weighted by atomic mass is 10.1. The summed E-state index contributed by atoms with van der Waals surface area (Å²) < 4.78 is 5.23. The minimum absolute atomic E-state index is 0.110. The van der Waals surface area contributed by atoms with Crippen molar-refractivity contribution in [1.29, 1.82) is 0 Å². The van der Waals surface area contributed by atoms with Gasteiger partial charge in [0.15, 0.2) is 6.54 Å². The van der Waals surface area contributed by atoms with Gasteiger partial charge in [0.1, 0.15) is 12.3 Å². The highest BCUT2D eigenvalue weighted by Crippen LogP contribution is 2.24. The lowest BCUT2D eigenvalue weighted by molar-refractivity contribution is -0.916. The zero-order chi connectivity index (χ0) is 17.9. The van der Waals surface area contributed by atoms with Crippen LogP contribution in [-0.4, -0.2) is 25.6 Å². The second kappa shape index (κ2) is 7.50.